The largest absolute Gasteiger partial charge is 0.493 e. The average molecular weight is 1090 g/mol. The van der Waals surface area contributed by atoms with Gasteiger partial charge in [-0.3, -0.25) is 19.2 Å². The number of ether oxygens (including phenoxy) is 4. The zero-order valence-corrected chi connectivity index (χ0v) is 44.8. The molecule has 21 heteroatoms. The molecule has 17 nitrogen and oxygen atoms in total. The Balaban J connectivity index is 0.000000281. The molecular weight excluding hydrogens is 1010 g/mol. The molecule has 2 aromatic heterocycles. The number of aliphatic carboxylic acids is 1. The van der Waals surface area contributed by atoms with E-state index < -0.39 is 17.6 Å². The number of carboxylic acid groups (broad SMARTS) is 1. The van der Waals surface area contributed by atoms with Crippen molar-refractivity contribution in [3.8, 4) is 11.5 Å². The highest BCUT2D eigenvalue weighted by Crippen LogP contribution is 2.27. The Morgan fingerprint density at radius 3 is 1.47 bits per heavy atom. The van der Waals surface area contributed by atoms with Gasteiger partial charge in [0, 0.05) is 57.7 Å². The Morgan fingerprint density at radius 1 is 0.640 bits per heavy atom. The molecule has 0 saturated carbocycles. The molecule has 4 aromatic rings. The monoisotopic (exact) mass is 1090 g/mol. The maximum atomic E-state index is 14.5. The van der Waals surface area contributed by atoms with Crippen LogP contribution in [0.25, 0.3) is 0 Å². The first-order valence-corrected chi connectivity index (χ1v) is 26.6. The first kappa shape index (κ1) is 61.6. The standard InChI is InChI=1S/C27H36ClFN4O4.C20H23ClFN3O3.C7H15NO2/c1-36-26(35)7-3-2-4-12-30-25(34)16-21-8-9-23(17-24(21)29)37-15-5-6-20-10-13-33(14-11-20)27-31-18-22(28)19-32-27;21-16-12-23-20(24-13-16)25-7-5-14(6-8-25)2-1-9-28-17-4-3-15(10-19(26)27)18(22)11-17;1-10-7(9)5-3-2-4-6-8/h8-9,17-20H,2-7,10-16H2,1H3,(H,30,34);3-4,11-14H,1-2,5-10H2,(H,26,27);2-6,8H2,1H3. The SMILES string of the molecule is COC(=O)CCCCCN.COC(=O)CCCCCNC(=O)Cc1ccc(OCCCC2CCN(c3ncc(Cl)cn3)CC2)cc1F.O=C(O)Cc1ccc(OCCCC2CCN(c3ncc(Cl)cn3)CC2)cc1F. The minimum atomic E-state index is -1.05. The van der Waals surface area contributed by atoms with E-state index in [4.69, 9.17) is 43.5 Å². The molecule has 1 amide bonds. The van der Waals surface area contributed by atoms with Crippen LogP contribution in [-0.2, 0) is 41.5 Å². The second-order valence-electron chi connectivity index (χ2n) is 18.4. The van der Waals surface area contributed by atoms with E-state index in [-0.39, 0.29) is 36.3 Å². The fourth-order valence-corrected chi connectivity index (χ4v) is 8.61. The van der Waals surface area contributed by atoms with Crippen molar-refractivity contribution in [2.75, 3.05) is 76.5 Å². The van der Waals surface area contributed by atoms with E-state index in [0.717, 1.165) is 128 Å². The van der Waals surface area contributed by atoms with Crippen LogP contribution in [0.1, 0.15) is 114 Å². The summed E-state index contributed by atoms with van der Waals surface area (Å²) in [6.07, 6.45) is 20.4. The molecule has 412 valence electrons. The summed E-state index contributed by atoms with van der Waals surface area (Å²) in [7, 11) is 2.78. The predicted molar refractivity (Wildman–Crippen MR) is 284 cm³/mol. The van der Waals surface area contributed by atoms with Crippen molar-refractivity contribution in [1.82, 2.24) is 25.3 Å². The van der Waals surface area contributed by atoms with Crippen molar-refractivity contribution in [2.24, 2.45) is 17.6 Å². The summed E-state index contributed by atoms with van der Waals surface area (Å²) in [5.74, 6) is 0.977. The zero-order valence-electron chi connectivity index (χ0n) is 43.3. The number of benzene rings is 2. The van der Waals surface area contributed by atoms with Crippen molar-refractivity contribution in [1.29, 1.82) is 0 Å². The molecule has 4 heterocycles. The highest BCUT2D eigenvalue weighted by Gasteiger charge is 2.22. The number of rotatable bonds is 27. The topological polar surface area (TPSA) is 222 Å². The van der Waals surface area contributed by atoms with Gasteiger partial charge >= 0.3 is 17.9 Å². The van der Waals surface area contributed by atoms with Crippen LogP contribution >= 0.6 is 23.2 Å². The van der Waals surface area contributed by atoms with Gasteiger partial charge in [0.2, 0.25) is 17.8 Å². The molecule has 6 rings (SSSR count). The number of anilines is 2. The van der Waals surface area contributed by atoms with Gasteiger partial charge < -0.3 is 44.9 Å². The number of methoxy groups -OCH3 is 2. The summed E-state index contributed by atoms with van der Waals surface area (Å²) in [5, 5.41) is 12.6. The van der Waals surface area contributed by atoms with Crippen molar-refractivity contribution in [3.63, 3.8) is 0 Å². The number of carbonyl (C=O) groups is 4. The third-order valence-corrected chi connectivity index (χ3v) is 13.1. The highest BCUT2D eigenvalue weighted by atomic mass is 35.5. The average Bonchev–Trinajstić information content (AvgIpc) is 3.41. The zero-order chi connectivity index (χ0) is 54.2. The van der Waals surface area contributed by atoms with Gasteiger partial charge in [0.15, 0.2) is 0 Å². The molecule has 0 aliphatic carbocycles. The number of piperidine rings is 2. The van der Waals surface area contributed by atoms with Crippen LogP contribution in [0.15, 0.2) is 61.2 Å². The minimum absolute atomic E-state index is 0.0198. The van der Waals surface area contributed by atoms with E-state index in [1.165, 1.54) is 32.4 Å². The molecule has 75 heavy (non-hydrogen) atoms. The summed E-state index contributed by atoms with van der Waals surface area (Å²) in [6.45, 7) is 5.92. The second-order valence-corrected chi connectivity index (χ2v) is 19.3. The van der Waals surface area contributed by atoms with Gasteiger partial charge in [0.1, 0.15) is 23.1 Å². The van der Waals surface area contributed by atoms with Crippen LogP contribution in [0.5, 0.6) is 11.5 Å². The lowest BCUT2D eigenvalue weighted by atomic mass is 9.92. The van der Waals surface area contributed by atoms with Crippen molar-refractivity contribution >= 4 is 58.9 Å². The lowest BCUT2D eigenvalue weighted by Crippen LogP contribution is -2.34. The maximum Gasteiger partial charge on any atom is 0.307 e. The molecule has 0 spiro atoms. The second kappa shape index (κ2) is 35.4. The van der Waals surface area contributed by atoms with Crippen molar-refractivity contribution in [3.05, 3.63) is 94.0 Å². The Hall–Kier alpha value is -5.92. The number of nitrogens with one attached hydrogen (secondary N) is 1. The number of carboxylic acids is 1. The Morgan fingerprint density at radius 2 is 1.07 bits per heavy atom. The Bertz CT molecular complexity index is 2310. The van der Waals surface area contributed by atoms with Gasteiger partial charge in [0.25, 0.3) is 0 Å². The van der Waals surface area contributed by atoms with Gasteiger partial charge in [-0.15, -0.1) is 0 Å². The van der Waals surface area contributed by atoms with Crippen LogP contribution in [0.2, 0.25) is 10.0 Å². The molecular formula is C54H74Cl2F2N8O9. The summed E-state index contributed by atoms with van der Waals surface area (Å²) < 4.78 is 48.7. The van der Waals surface area contributed by atoms with Crippen LogP contribution in [0.3, 0.4) is 0 Å². The van der Waals surface area contributed by atoms with E-state index in [9.17, 15) is 28.0 Å². The van der Waals surface area contributed by atoms with Crippen LogP contribution in [-0.4, -0.2) is 116 Å². The molecule has 0 atom stereocenters. The number of nitrogens with two attached hydrogens (primary N) is 1. The number of amides is 1. The number of hydrogen-bond acceptors (Lipinski definition) is 15. The predicted octanol–water partition coefficient (Wildman–Crippen LogP) is 9.39. The van der Waals surface area contributed by atoms with Gasteiger partial charge in [-0.05, 0) is 119 Å². The molecule has 0 bridgehead atoms. The number of halogens is 4. The van der Waals surface area contributed by atoms with Crippen LogP contribution < -0.4 is 30.3 Å². The van der Waals surface area contributed by atoms with Gasteiger partial charge in [0.05, 0.1) is 75.1 Å². The Labute approximate surface area is 449 Å². The summed E-state index contributed by atoms with van der Waals surface area (Å²) >= 11 is 11.7. The molecule has 0 radical (unpaired) electrons. The maximum absolute atomic E-state index is 14.5. The minimum Gasteiger partial charge on any atom is -0.493 e. The number of hydrogen-bond donors (Lipinski definition) is 3. The number of nitrogens with zero attached hydrogens (tertiary/aromatic N) is 6. The van der Waals surface area contributed by atoms with E-state index >= 15 is 0 Å². The first-order valence-electron chi connectivity index (χ1n) is 25.9. The lowest BCUT2D eigenvalue weighted by molar-refractivity contribution is -0.141. The van der Waals surface area contributed by atoms with E-state index in [2.05, 4.69) is 44.5 Å². The number of carbonyl (C=O) groups excluding carboxylic acids is 3. The molecule has 0 unspecified atom stereocenters. The van der Waals surface area contributed by atoms with Crippen LogP contribution in [0, 0.1) is 23.5 Å². The summed E-state index contributed by atoms with van der Waals surface area (Å²) in [5.41, 5.74) is 5.76. The van der Waals surface area contributed by atoms with Gasteiger partial charge in [-0.2, -0.15) is 0 Å². The third-order valence-electron chi connectivity index (χ3n) is 12.7. The molecule has 2 aromatic carbocycles. The fourth-order valence-electron chi connectivity index (χ4n) is 8.42. The third kappa shape index (κ3) is 25.0. The van der Waals surface area contributed by atoms with Gasteiger partial charge in [-0.1, -0.05) is 48.2 Å². The quantitative estimate of drug-likeness (QED) is 0.0374. The summed E-state index contributed by atoms with van der Waals surface area (Å²) in [4.78, 5) is 65.8. The van der Waals surface area contributed by atoms with E-state index in [1.807, 2.05) is 0 Å². The fraction of sp³-hybridized carbons (Fsp3) is 0.556. The van der Waals surface area contributed by atoms with E-state index in [0.29, 0.717) is 78.1 Å². The van der Waals surface area contributed by atoms with Crippen LogP contribution in [0.4, 0.5) is 20.7 Å². The molecule has 4 N–H and O–H groups in total. The van der Waals surface area contributed by atoms with E-state index in [1.54, 1.807) is 43.0 Å². The number of unbranched alkanes of at least 4 members (excludes halogenated alkanes) is 4. The molecule has 2 aliphatic heterocycles. The molecule has 2 saturated heterocycles. The molecule has 2 aliphatic rings. The number of esters is 2. The first-order chi connectivity index (χ1) is 36.3. The smallest absolute Gasteiger partial charge is 0.307 e. The highest BCUT2D eigenvalue weighted by molar-refractivity contribution is 6.30. The molecule has 2 fully saturated rings. The van der Waals surface area contributed by atoms with Crippen molar-refractivity contribution in [2.45, 2.75) is 116 Å². The normalized spacial score (nSPS) is 13.6. The lowest BCUT2D eigenvalue weighted by Gasteiger charge is -2.31. The van der Waals surface area contributed by atoms with Gasteiger partial charge in [-0.25, -0.2) is 28.7 Å². The Kier molecular flexibility index (Phi) is 29.1. The number of aromatic nitrogens is 4. The summed E-state index contributed by atoms with van der Waals surface area (Å²) in [6, 6.07) is 9.00. The van der Waals surface area contributed by atoms with Crippen molar-refractivity contribution < 1.29 is 52.0 Å².